The lowest BCUT2D eigenvalue weighted by molar-refractivity contribution is -0.146. The van der Waals surface area contributed by atoms with Crippen LogP contribution in [0.25, 0.3) is 0 Å². The molecule has 2 saturated carbocycles. The van der Waals surface area contributed by atoms with Gasteiger partial charge in [-0.25, -0.2) is 0 Å². The molecule has 4 rings (SSSR count). The third-order valence-corrected chi connectivity index (χ3v) is 6.26. The van der Waals surface area contributed by atoms with Gasteiger partial charge in [0.1, 0.15) is 0 Å². The number of hydrogen-bond donors (Lipinski definition) is 3. The van der Waals surface area contributed by atoms with Gasteiger partial charge in [-0.2, -0.15) is 0 Å². The second-order valence-corrected chi connectivity index (χ2v) is 6.97. The summed E-state index contributed by atoms with van der Waals surface area (Å²) in [6, 6.07) is 3.53. The van der Waals surface area contributed by atoms with Gasteiger partial charge in [0, 0.05) is 11.0 Å². The molecule has 0 amide bonds. The monoisotopic (exact) mass is 274 g/mol. The van der Waals surface area contributed by atoms with Crippen molar-refractivity contribution in [1.29, 1.82) is 0 Å². The quantitative estimate of drug-likeness (QED) is 0.637. The van der Waals surface area contributed by atoms with E-state index in [4.69, 9.17) is 0 Å². The summed E-state index contributed by atoms with van der Waals surface area (Å²) in [7, 11) is 0. The van der Waals surface area contributed by atoms with Gasteiger partial charge in [0.2, 0.25) is 0 Å². The summed E-state index contributed by atoms with van der Waals surface area (Å²) in [6.07, 6.45) is 7.91. The summed E-state index contributed by atoms with van der Waals surface area (Å²) >= 11 is 0. The molecule has 0 heterocycles. The van der Waals surface area contributed by atoms with E-state index in [1.807, 2.05) is 6.07 Å². The first-order valence-corrected chi connectivity index (χ1v) is 7.85. The lowest BCUT2D eigenvalue weighted by Gasteiger charge is -2.61. The van der Waals surface area contributed by atoms with E-state index in [1.54, 1.807) is 6.07 Å². The van der Waals surface area contributed by atoms with Crippen LogP contribution in [-0.4, -0.2) is 20.9 Å². The van der Waals surface area contributed by atoms with Gasteiger partial charge < -0.3 is 15.3 Å². The highest BCUT2D eigenvalue weighted by atomic mass is 16.3. The van der Waals surface area contributed by atoms with E-state index in [0.717, 1.165) is 62.5 Å². The van der Waals surface area contributed by atoms with Crippen molar-refractivity contribution in [2.24, 2.45) is 5.92 Å². The lowest BCUT2D eigenvalue weighted by Crippen LogP contribution is -2.63. The van der Waals surface area contributed by atoms with Crippen molar-refractivity contribution in [3.63, 3.8) is 0 Å². The predicted octanol–water partition coefficient (Wildman–Crippen LogP) is 3.00. The van der Waals surface area contributed by atoms with Gasteiger partial charge in [-0.05, 0) is 49.7 Å². The van der Waals surface area contributed by atoms with E-state index >= 15 is 0 Å². The first-order chi connectivity index (χ1) is 9.58. The number of benzene rings is 1. The van der Waals surface area contributed by atoms with Gasteiger partial charge in [-0.15, -0.1) is 0 Å². The molecule has 0 radical (unpaired) electrons. The Bertz CT molecular complexity index is 564. The van der Waals surface area contributed by atoms with E-state index in [-0.39, 0.29) is 16.9 Å². The van der Waals surface area contributed by atoms with Crippen LogP contribution in [0.3, 0.4) is 0 Å². The lowest BCUT2D eigenvalue weighted by atomic mass is 9.46. The zero-order valence-electron chi connectivity index (χ0n) is 11.7. The van der Waals surface area contributed by atoms with Crippen LogP contribution >= 0.6 is 0 Å². The molecule has 3 aliphatic rings. The minimum Gasteiger partial charge on any atom is -0.504 e. The van der Waals surface area contributed by atoms with E-state index < -0.39 is 5.60 Å². The number of phenolic OH excluding ortho intramolecular Hbond substituents is 2. The molecule has 0 aromatic heterocycles. The van der Waals surface area contributed by atoms with Crippen molar-refractivity contribution in [3.05, 3.63) is 23.3 Å². The molecule has 3 atom stereocenters. The van der Waals surface area contributed by atoms with Gasteiger partial charge in [-0.1, -0.05) is 25.3 Å². The zero-order valence-corrected chi connectivity index (χ0v) is 11.7. The molecular weight excluding hydrogens is 252 g/mol. The van der Waals surface area contributed by atoms with Gasteiger partial charge in [0.15, 0.2) is 11.5 Å². The highest BCUT2D eigenvalue weighted by molar-refractivity contribution is 5.56. The fraction of sp³-hybridized carbons (Fsp3) is 0.647. The average Bonchev–Trinajstić information content (AvgIpc) is 2.42. The molecule has 3 nitrogen and oxygen atoms in total. The van der Waals surface area contributed by atoms with Crippen LogP contribution in [0.5, 0.6) is 11.5 Å². The molecule has 0 saturated heterocycles. The maximum atomic E-state index is 11.4. The number of aliphatic hydroxyl groups is 1. The van der Waals surface area contributed by atoms with Crippen molar-refractivity contribution in [2.45, 2.75) is 62.4 Å². The number of hydrogen-bond acceptors (Lipinski definition) is 3. The Morgan fingerprint density at radius 2 is 1.75 bits per heavy atom. The molecule has 2 bridgehead atoms. The Morgan fingerprint density at radius 3 is 2.60 bits per heavy atom. The molecule has 3 aliphatic carbocycles. The van der Waals surface area contributed by atoms with Gasteiger partial charge in [0.25, 0.3) is 0 Å². The van der Waals surface area contributed by atoms with Crippen LogP contribution < -0.4 is 0 Å². The fourth-order valence-corrected chi connectivity index (χ4v) is 5.43. The minimum atomic E-state index is -0.679. The Balaban J connectivity index is 2.01. The van der Waals surface area contributed by atoms with E-state index in [9.17, 15) is 15.3 Å². The average molecular weight is 274 g/mol. The summed E-state index contributed by atoms with van der Waals surface area (Å²) in [5.74, 6) is 0.284. The second-order valence-electron chi connectivity index (χ2n) is 6.97. The standard InChI is InChI=1S/C17H22O3/c18-13-6-5-11-10-12-4-3-8-16(14(11)15(13)19)7-1-2-9-17(12,16)20/h5-6,12,18-20H,1-4,7-10H2/t12-,16+,17-/m1/s1. The molecular formula is C17H22O3. The molecule has 108 valence electrons. The third-order valence-electron chi connectivity index (χ3n) is 6.26. The Kier molecular flexibility index (Phi) is 2.45. The number of rotatable bonds is 0. The first kappa shape index (κ1) is 12.5. The van der Waals surface area contributed by atoms with E-state index in [2.05, 4.69) is 0 Å². The first-order valence-electron chi connectivity index (χ1n) is 7.85. The van der Waals surface area contributed by atoms with Crippen molar-refractivity contribution in [3.8, 4) is 11.5 Å². The number of fused-ring (bicyclic) bond motifs is 1. The van der Waals surface area contributed by atoms with E-state index in [0.29, 0.717) is 5.92 Å². The third kappa shape index (κ3) is 1.30. The van der Waals surface area contributed by atoms with Crippen LogP contribution in [0.1, 0.15) is 56.1 Å². The largest absolute Gasteiger partial charge is 0.504 e. The fourth-order valence-electron chi connectivity index (χ4n) is 5.43. The molecule has 0 aliphatic heterocycles. The molecule has 3 N–H and O–H groups in total. The van der Waals surface area contributed by atoms with Crippen molar-refractivity contribution < 1.29 is 15.3 Å². The van der Waals surface area contributed by atoms with Crippen LogP contribution in [0, 0.1) is 5.92 Å². The molecule has 2 fully saturated rings. The summed E-state index contributed by atoms with van der Waals surface area (Å²) in [6.45, 7) is 0. The predicted molar refractivity (Wildman–Crippen MR) is 75.9 cm³/mol. The summed E-state index contributed by atoms with van der Waals surface area (Å²) in [5, 5.41) is 31.8. The van der Waals surface area contributed by atoms with Crippen molar-refractivity contribution >= 4 is 0 Å². The maximum absolute atomic E-state index is 11.4. The van der Waals surface area contributed by atoms with Crippen LogP contribution in [0.4, 0.5) is 0 Å². The summed E-state index contributed by atoms with van der Waals surface area (Å²) in [4.78, 5) is 0. The molecule has 20 heavy (non-hydrogen) atoms. The van der Waals surface area contributed by atoms with Crippen molar-refractivity contribution in [2.75, 3.05) is 0 Å². The second kappa shape index (κ2) is 3.91. The number of phenols is 2. The normalized spacial score (nSPS) is 39.0. The Labute approximate surface area is 119 Å². The van der Waals surface area contributed by atoms with E-state index in [1.165, 1.54) is 0 Å². The van der Waals surface area contributed by atoms with Gasteiger partial charge in [0.05, 0.1) is 5.60 Å². The molecule has 0 spiro atoms. The van der Waals surface area contributed by atoms with Crippen LogP contribution in [0.15, 0.2) is 12.1 Å². The summed E-state index contributed by atoms with van der Waals surface area (Å²) < 4.78 is 0. The molecule has 1 aromatic rings. The SMILES string of the molecule is Oc1ccc2c(c1O)[C@@]13CCCC[C@@]1(O)[C@H](CCC3)C2. The topological polar surface area (TPSA) is 60.7 Å². The molecule has 1 aromatic carbocycles. The maximum Gasteiger partial charge on any atom is 0.161 e. The smallest absolute Gasteiger partial charge is 0.161 e. The van der Waals surface area contributed by atoms with Gasteiger partial charge >= 0.3 is 0 Å². The summed E-state index contributed by atoms with van der Waals surface area (Å²) in [5.41, 5.74) is 0.985. The minimum absolute atomic E-state index is 0.0168. The Morgan fingerprint density at radius 1 is 1.00 bits per heavy atom. The van der Waals surface area contributed by atoms with Crippen LogP contribution in [0.2, 0.25) is 0 Å². The number of aromatic hydroxyl groups is 2. The van der Waals surface area contributed by atoms with Gasteiger partial charge in [-0.3, -0.25) is 0 Å². The molecule has 3 heteroatoms. The Hall–Kier alpha value is -1.22. The zero-order chi connectivity index (χ0) is 14.0. The van der Waals surface area contributed by atoms with Crippen molar-refractivity contribution in [1.82, 2.24) is 0 Å². The van der Waals surface area contributed by atoms with Crippen LogP contribution in [-0.2, 0) is 11.8 Å². The highest BCUT2D eigenvalue weighted by Gasteiger charge is 2.62. The molecule has 0 unspecified atom stereocenters. The highest BCUT2D eigenvalue weighted by Crippen LogP contribution is 2.63.